The molecule has 8 aromatic carbocycles. The van der Waals surface area contributed by atoms with Crippen LogP contribution in [0, 0.1) is 0 Å². The van der Waals surface area contributed by atoms with Gasteiger partial charge in [-0.25, -0.2) is 0 Å². The van der Waals surface area contributed by atoms with Gasteiger partial charge in [-0.2, -0.15) is 0 Å². The molecular formula is C48H30S2. The van der Waals surface area contributed by atoms with E-state index in [1.807, 2.05) is 23.1 Å². The molecule has 2 heterocycles. The van der Waals surface area contributed by atoms with Crippen molar-refractivity contribution in [3.63, 3.8) is 0 Å². The van der Waals surface area contributed by atoms with Crippen LogP contribution >= 0.6 is 23.1 Å². The quantitative estimate of drug-likeness (QED) is 0.169. The lowest BCUT2D eigenvalue weighted by Gasteiger charge is -2.24. The van der Waals surface area contributed by atoms with Gasteiger partial charge in [0.1, 0.15) is 0 Å². The fourth-order valence-corrected chi connectivity index (χ4v) is 11.4. The Kier molecular flexibility index (Phi) is 6.28. The lowest BCUT2D eigenvalue weighted by molar-refractivity contribution is 0.864. The van der Waals surface area contributed by atoms with Crippen LogP contribution in [0.2, 0.25) is 0 Å². The van der Waals surface area contributed by atoms with Crippen LogP contribution in [0.5, 0.6) is 0 Å². The van der Waals surface area contributed by atoms with Crippen LogP contribution in [0.4, 0.5) is 0 Å². The molecule has 1 aliphatic heterocycles. The number of thioether (sulfide) groups is 1. The number of thiophene rings is 1. The van der Waals surface area contributed by atoms with Crippen LogP contribution in [-0.4, -0.2) is 0 Å². The zero-order valence-corrected chi connectivity index (χ0v) is 28.8. The zero-order chi connectivity index (χ0) is 32.8. The van der Waals surface area contributed by atoms with Crippen LogP contribution in [-0.2, 0) is 0 Å². The Morgan fingerprint density at radius 2 is 0.980 bits per heavy atom. The molecule has 0 fully saturated rings. The summed E-state index contributed by atoms with van der Waals surface area (Å²) in [5, 5.41) is 10.9. The van der Waals surface area contributed by atoms with Crippen molar-refractivity contribution in [1.82, 2.24) is 0 Å². The predicted octanol–water partition coefficient (Wildman–Crippen LogP) is 14.4. The summed E-state index contributed by atoms with van der Waals surface area (Å²) in [6.07, 6.45) is 5.85. The molecule has 1 atom stereocenters. The first-order chi connectivity index (χ1) is 24.8. The van der Waals surface area contributed by atoms with Gasteiger partial charge >= 0.3 is 0 Å². The highest BCUT2D eigenvalue weighted by molar-refractivity contribution is 8.03. The average Bonchev–Trinajstić information content (AvgIpc) is 3.77. The smallest absolute Gasteiger partial charge is 0.0504 e. The van der Waals surface area contributed by atoms with Crippen molar-refractivity contribution in [3.8, 4) is 22.3 Å². The van der Waals surface area contributed by atoms with Crippen LogP contribution in [0.15, 0.2) is 174 Å². The Hall–Kier alpha value is -5.41. The minimum absolute atomic E-state index is 0.345. The van der Waals surface area contributed by atoms with Crippen LogP contribution in [0.1, 0.15) is 23.5 Å². The van der Waals surface area contributed by atoms with Gasteiger partial charge in [0.15, 0.2) is 0 Å². The van der Waals surface area contributed by atoms with E-state index in [9.17, 15) is 0 Å². The van der Waals surface area contributed by atoms with E-state index in [1.165, 1.54) is 101 Å². The Morgan fingerprint density at radius 3 is 1.68 bits per heavy atom. The van der Waals surface area contributed by atoms with Gasteiger partial charge in [-0.05, 0) is 88.7 Å². The second kappa shape index (κ2) is 11.1. The van der Waals surface area contributed by atoms with E-state index in [4.69, 9.17) is 0 Å². The third-order valence-corrected chi connectivity index (χ3v) is 13.5. The lowest BCUT2D eigenvalue weighted by Crippen LogP contribution is -2.04. The van der Waals surface area contributed by atoms with Gasteiger partial charge in [-0.1, -0.05) is 170 Å². The molecule has 0 radical (unpaired) electrons. The summed E-state index contributed by atoms with van der Waals surface area (Å²) < 4.78 is 2.82. The van der Waals surface area contributed by atoms with Crippen molar-refractivity contribution in [3.05, 3.63) is 180 Å². The second-order valence-corrected chi connectivity index (χ2v) is 15.6. The first-order valence-electron chi connectivity index (χ1n) is 17.4. The fraction of sp³-hybridized carbons (Fsp3) is 0.0417. The molecule has 1 aliphatic carbocycles. The van der Waals surface area contributed by atoms with Gasteiger partial charge in [0.2, 0.25) is 0 Å². The molecule has 0 saturated heterocycles. The molecule has 1 unspecified atom stereocenters. The van der Waals surface area contributed by atoms with Gasteiger partial charge in [0.05, 0.1) is 4.70 Å². The molecule has 0 spiro atoms. The largest absolute Gasteiger partial charge is 0.134 e. The molecule has 1 aromatic heterocycles. The molecule has 11 rings (SSSR count). The first kappa shape index (κ1) is 28.4. The van der Waals surface area contributed by atoms with Crippen LogP contribution in [0.3, 0.4) is 0 Å². The summed E-state index contributed by atoms with van der Waals surface area (Å²) in [6, 6.07) is 56.0. The van der Waals surface area contributed by atoms with Gasteiger partial charge in [0.25, 0.3) is 0 Å². The summed E-state index contributed by atoms with van der Waals surface area (Å²) in [6.45, 7) is 0. The molecule has 234 valence electrons. The lowest BCUT2D eigenvalue weighted by atomic mass is 9.79. The molecule has 2 aliphatic rings. The molecule has 0 amide bonds. The normalized spacial score (nSPS) is 15.5. The highest BCUT2D eigenvalue weighted by Crippen LogP contribution is 2.60. The Morgan fingerprint density at radius 1 is 0.440 bits per heavy atom. The maximum absolute atomic E-state index is 2.43. The molecule has 0 saturated carbocycles. The van der Waals surface area contributed by atoms with E-state index >= 15 is 0 Å². The van der Waals surface area contributed by atoms with Crippen LogP contribution < -0.4 is 0 Å². The maximum atomic E-state index is 2.43. The van der Waals surface area contributed by atoms with Gasteiger partial charge in [-0.15, -0.1) is 11.3 Å². The summed E-state index contributed by atoms with van der Waals surface area (Å²) in [4.78, 5) is 2.94. The van der Waals surface area contributed by atoms with Gasteiger partial charge in [-0.3, -0.25) is 0 Å². The second-order valence-electron chi connectivity index (χ2n) is 13.5. The molecule has 0 bridgehead atoms. The molecule has 2 heteroatoms. The van der Waals surface area contributed by atoms with E-state index in [0.29, 0.717) is 5.92 Å². The zero-order valence-electron chi connectivity index (χ0n) is 27.2. The number of fused-ring (bicyclic) bond motifs is 12. The SMILES string of the molecule is C1=C(c2c3ccccc3c(-c3ccc(-c4ccccc4)cc3)c3ccccc23)CC2C(=C1)Sc1c2c2ccccc2c2c1sc1ccccc12. The third-order valence-electron chi connectivity index (χ3n) is 10.9. The van der Waals surface area contributed by atoms with E-state index in [2.05, 4.69) is 164 Å². The fourth-order valence-electron chi connectivity index (χ4n) is 8.69. The topological polar surface area (TPSA) is 0 Å². The molecule has 0 nitrogen and oxygen atoms in total. The minimum atomic E-state index is 0.345. The summed E-state index contributed by atoms with van der Waals surface area (Å²) in [7, 11) is 0. The summed E-state index contributed by atoms with van der Waals surface area (Å²) in [5.41, 5.74) is 9.37. The number of benzene rings is 8. The van der Waals surface area contributed by atoms with Crippen molar-refractivity contribution >= 4 is 81.2 Å². The Labute approximate surface area is 299 Å². The van der Waals surface area contributed by atoms with Crippen molar-refractivity contribution in [2.24, 2.45) is 0 Å². The van der Waals surface area contributed by atoms with Crippen molar-refractivity contribution in [2.75, 3.05) is 0 Å². The minimum Gasteiger partial charge on any atom is -0.134 e. The predicted molar refractivity (Wildman–Crippen MR) is 218 cm³/mol. The standard InChI is InChI=1S/C48H30S2/c1-2-12-29(13-3-1)30-22-24-31(25-23-30)43-33-14-4-6-16-35(33)44(36-17-7-5-15-34(36)43)32-26-27-42-40(28-32)46-38-19-9-8-18-37(38)45-39-20-10-11-21-41(39)49-47(45)48(46)50-42/h1-27,40H,28H2. The van der Waals surface area contributed by atoms with Crippen LogP contribution in [0.25, 0.3) is 80.3 Å². The van der Waals surface area contributed by atoms with Gasteiger partial charge < -0.3 is 0 Å². The summed E-state index contributed by atoms with van der Waals surface area (Å²) in [5.74, 6) is 0.345. The number of rotatable bonds is 3. The van der Waals surface area contributed by atoms with Crippen molar-refractivity contribution in [1.29, 1.82) is 0 Å². The highest BCUT2D eigenvalue weighted by atomic mass is 32.2. The average molecular weight is 671 g/mol. The Balaban J connectivity index is 1.09. The molecule has 9 aromatic rings. The van der Waals surface area contributed by atoms with E-state index < -0.39 is 0 Å². The molecule has 0 N–H and O–H groups in total. The van der Waals surface area contributed by atoms with Crippen molar-refractivity contribution in [2.45, 2.75) is 17.2 Å². The number of hydrogen-bond acceptors (Lipinski definition) is 2. The Bertz CT molecular complexity index is 2850. The van der Waals surface area contributed by atoms with E-state index in [-0.39, 0.29) is 0 Å². The number of allylic oxidation sites excluding steroid dienone is 4. The summed E-state index contributed by atoms with van der Waals surface area (Å²) >= 11 is 3.97. The number of hydrogen-bond donors (Lipinski definition) is 0. The van der Waals surface area contributed by atoms with Gasteiger partial charge in [0, 0.05) is 26.3 Å². The van der Waals surface area contributed by atoms with E-state index in [0.717, 1.165) is 6.42 Å². The van der Waals surface area contributed by atoms with Crippen molar-refractivity contribution < 1.29 is 0 Å². The van der Waals surface area contributed by atoms with E-state index in [1.54, 1.807) is 0 Å². The first-order valence-corrected chi connectivity index (χ1v) is 19.0. The maximum Gasteiger partial charge on any atom is 0.0504 e. The molecular weight excluding hydrogens is 641 g/mol. The molecule has 50 heavy (non-hydrogen) atoms. The highest BCUT2D eigenvalue weighted by Gasteiger charge is 2.36. The third kappa shape index (κ3) is 4.13. The monoisotopic (exact) mass is 670 g/mol.